The van der Waals surface area contributed by atoms with Crippen molar-refractivity contribution in [2.24, 2.45) is 0 Å². The molecule has 0 saturated carbocycles. The third-order valence-corrected chi connectivity index (χ3v) is 4.21. The Morgan fingerprint density at radius 1 is 1.30 bits per heavy atom. The number of thioether (sulfide) groups is 1. The van der Waals surface area contributed by atoms with Gasteiger partial charge in [0.1, 0.15) is 0 Å². The number of methoxy groups -OCH3 is 1. The molecule has 0 aliphatic carbocycles. The van der Waals surface area contributed by atoms with Gasteiger partial charge in [-0.15, -0.1) is 0 Å². The van der Waals surface area contributed by atoms with Gasteiger partial charge in [-0.3, -0.25) is 0 Å². The number of ether oxygens (including phenoxy) is 1. The fourth-order valence-corrected chi connectivity index (χ4v) is 2.86. The minimum absolute atomic E-state index is 0.757. The zero-order chi connectivity index (χ0) is 14.2. The number of fused-ring (bicyclic) bond motifs is 1. The molecule has 1 aromatic heterocycles. The first-order valence-electron chi connectivity index (χ1n) is 7.20. The first-order chi connectivity index (χ1) is 9.85. The van der Waals surface area contributed by atoms with Crippen LogP contribution in [-0.2, 0) is 17.8 Å². The molecule has 2 rings (SSSR count). The van der Waals surface area contributed by atoms with Crippen molar-refractivity contribution in [2.45, 2.75) is 20.0 Å². The molecule has 1 N–H and O–H groups in total. The van der Waals surface area contributed by atoms with Crippen LogP contribution in [0.3, 0.4) is 0 Å². The van der Waals surface area contributed by atoms with Crippen molar-refractivity contribution in [1.29, 1.82) is 0 Å². The van der Waals surface area contributed by atoms with Gasteiger partial charge in [-0.1, -0.05) is 19.1 Å². The third kappa shape index (κ3) is 4.27. The highest BCUT2D eigenvalue weighted by molar-refractivity contribution is 7.99. The Bertz CT molecular complexity index is 524. The van der Waals surface area contributed by atoms with E-state index in [-0.39, 0.29) is 0 Å². The number of nitrogens with one attached hydrogen (secondary N) is 1. The quantitative estimate of drug-likeness (QED) is 0.719. The van der Waals surface area contributed by atoms with Gasteiger partial charge in [0.05, 0.1) is 6.61 Å². The Kier molecular flexibility index (Phi) is 6.43. The molecule has 2 aromatic rings. The standard InChI is InChI=1S/C16H24N2OS/c1-3-20-11-9-18-8-6-15-5-4-14(12-16(15)18)13-17-7-10-19-2/h4-6,8,12,17H,3,7,9-11,13H2,1-2H3. The third-order valence-electron chi connectivity index (χ3n) is 3.33. The predicted molar refractivity (Wildman–Crippen MR) is 88.5 cm³/mol. The van der Waals surface area contributed by atoms with Crippen LogP contribution in [-0.4, -0.2) is 36.3 Å². The molecular weight excluding hydrogens is 268 g/mol. The Balaban J connectivity index is 2.00. The van der Waals surface area contributed by atoms with Crippen molar-refractivity contribution in [1.82, 2.24) is 9.88 Å². The molecule has 0 aliphatic rings. The number of nitrogens with zero attached hydrogens (tertiary/aromatic N) is 1. The zero-order valence-electron chi connectivity index (χ0n) is 12.4. The van der Waals surface area contributed by atoms with E-state index >= 15 is 0 Å². The van der Waals surface area contributed by atoms with E-state index in [4.69, 9.17) is 4.74 Å². The maximum absolute atomic E-state index is 5.04. The molecule has 4 heteroatoms. The van der Waals surface area contributed by atoms with E-state index < -0.39 is 0 Å². The van der Waals surface area contributed by atoms with Crippen molar-refractivity contribution in [3.8, 4) is 0 Å². The fraction of sp³-hybridized carbons (Fsp3) is 0.500. The first-order valence-corrected chi connectivity index (χ1v) is 8.35. The molecule has 110 valence electrons. The Labute approximate surface area is 125 Å². The molecule has 0 atom stereocenters. The van der Waals surface area contributed by atoms with Gasteiger partial charge in [-0.25, -0.2) is 0 Å². The monoisotopic (exact) mass is 292 g/mol. The summed E-state index contributed by atoms with van der Waals surface area (Å²) in [4.78, 5) is 0. The summed E-state index contributed by atoms with van der Waals surface area (Å²) in [6.07, 6.45) is 2.20. The van der Waals surface area contributed by atoms with E-state index in [1.165, 1.54) is 28.0 Å². The second kappa shape index (κ2) is 8.35. The summed E-state index contributed by atoms with van der Waals surface area (Å²) in [7, 11) is 1.73. The van der Waals surface area contributed by atoms with Crippen LogP contribution in [0.25, 0.3) is 10.9 Å². The lowest BCUT2D eigenvalue weighted by molar-refractivity contribution is 0.199. The summed E-state index contributed by atoms with van der Waals surface area (Å²) in [5.74, 6) is 2.37. The molecule has 20 heavy (non-hydrogen) atoms. The maximum atomic E-state index is 5.04. The number of hydrogen-bond acceptors (Lipinski definition) is 3. The van der Waals surface area contributed by atoms with Gasteiger partial charge < -0.3 is 14.6 Å². The van der Waals surface area contributed by atoms with Crippen LogP contribution in [0, 0.1) is 0 Å². The molecule has 0 saturated heterocycles. The maximum Gasteiger partial charge on any atom is 0.0587 e. The van der Waals surface area contributed by atoms with Crippen molar-refractivity contribution in [3.63, 3.8) is 0 Å². The van der Waals surface area contributed by atoms with Crippen LogP contribution in [0.5, 0.6) is 0 Å². The van der Waals surface area contributed by atoms with E-state index in [0.717, 1.165) is 26.2 Å². The van der Waals surface area contributed by atoms with Crippen LogP contribution in [0.15, 0.2) is 30.5 Å². The van der Waals surface area contributed by atoms with Gasteiger partial charge in [0.15, 0.2) is 0 Å². The summed E-state index contributed by atoms with van der Waals surface area (Å²) in [5.41, 5.74) is 2.67. The minimum Gasteiger partial charge on any atom is -0.383 e. The highest BCUT2D eigenvalue weighted by Gasteiger charge is 2.02. The van der Waals surface area contributed by atoms with Crippen LogP contribution in [0.2, 0.25) is 0 Å². The first kappa shape index (κ1) is 15.4. The lowest BCUT2D eigenvalue weighted by Crippen LogP contribution is -2.18. The Hall–Kier alpha value is -0.970. The molecule has 0 unspecified atom stereocenters. The summed E-state index contributed by atoms with van der Waals surface area (Å²) >= 11 is 1.99. The summed E-state index contributed by atoms with van der Waals surface area (Å²) < 4.78 is 7.40. The highest BCUT2D eigenvalue weighted by Crippen LogP contribution is 2.18. The van der Waals surface area contributed by atoms with Crippen LogP contribution in [0.1, 0.15) is 12.5 Å². The van der Waals surface area contributed by atoms with Gasteiger partial charge in [0.25, 0.3) is 0 Å². The SMILES string of the molecule is CCSCCn1ccc2ccc(CNCCOC)cc21. The Morgan fingerprint density at radius 3 is 3.00 bits per heavy atom. The topological polar surface area (TPSA) is 26.2 Å². The summed E-state index contributed by atoms with van der Waals surface area (Å²) in [5, 5.41) is 4.72. The number of benzene rings is 1. The smallest absolute Gasteiger partial charge is 0.0587 e. The predicted octanol–water partition coefficient (Wildman–Crippen LogP) is 3.13. The minimum atomic E-state index is 0.757. The Morgan fingerprint density at radius 2 is 2.20 bits per heavy atom. The largest absolute Gasteiger partial charge is 0.383 e. The number of hydrogen-bond donors (Lipinski definition) is 1. The fourth-order valence-electron chi connectivity index (χ4n) is 2.25. The zero-order valence-corrected chi connectivity index (χ0v) is 13.2. The van der Waals surface area contributed by atoms with Crippen LogP contribution in [0.4, 0.5) is 0 Å². The number of rotatable bonds is 9. The lowest BCUT2D eigenvalue weighted by Gasteiger charge is -2.08. The normalized spacial score (nSPS) is 11.3. The van der Waals surface area contributed by atoms with Crippen molar-refractivity contribution < 1.29 is 4.74 Å². The van der Waals surface area contributed by atoms with E-state index in [2.05, 4.69) is 47.3 Å². The van der Waals surface area contributed by atoms with Crippen molar-refractivity contribution in [2.75, 3.05) is 31.8 Å². The average Bonchev–Trinajstić information content (AvgIpc) is 2.87. The highest BCUT2D eigenvalue weighted by atomic mass is 32.2. The molecule has 0 amide bonds. The summed E-state index contributed by atoms with van der Waals surface area (Å²) in [6, 6.07) is 8.92. The number of aryl methyl sites for hydroxylation is 1. The molecule has 0 bridgehead atoms. The van der Waals surface area contributed by atoms with Crippen molar-refractivity contribution >= 4 is 22.7 Å². The van der Waals surface area contributed by atoms with E-state index in [9.17, 15) is 0 Å². The molecule has 0 aliphatic heterocycles. The second-order valence-electron chi connectivity index (χ2n) is 4.77. The van der Waals surface area contributed by atoms with Gasteiger partial charge in [-0.05, 0) is 28.8 Å². The van der Waals surface area contributed by atoms with Gasteiger partial charge in [0, 0.05) is 44.2 Å². The van der Waals surface area contributed by atoms with E-state index in [1.54, 1.807) is 7.11 Å². The second-order valence-corrected chi connectivity index (χ2v) is 6.16. The molecule has 1 aromatic carbocycles. The lowest BCUT2D eigenvalue weighted by atomic mass is 10.1. The molecule has 0 spiro atoms. The van der Waals surface area contributed by atoms with Gasteiger partial charge in [0.2, 0.25) is 0 Å². The average molecular weight is 292 g/mol. The van der Waals surface area contributed by atoms with E-state index in [0.29, 0.717) is 0 Å². The molecule has 0 radical (unpaired) electrons. The van der Waals surface area contributed by atoms with Crippen LogP contribution >= 0.6 is 11.8 Å². The molecule has 0 fully saturated rings. The summed E-state index contributed by atoms with van der Waals surface area (Å²) in [6.45, 7) is 5.84. The van der Waals surface area contributed by atoms with Gasteiger partial charge >= 0.3 is 0 Å². The molecule has 1 heterocycles. The molecular formula is C16H24N2OS. The number of aromatic nitrogens is 1. The van der Waals surface area contributed by atoms with Gasteiger partial charge in [-0.2, -0.15) is 11.8 Å². The van der Waals surface area contributed by atoms with Crippen molar-refractivity contribution in [3.05, 3.63) is 36.0 Å². The van der Waals surface area contributed by atoms with E-state index in [1.807, 2.05) is 11.8 Å². The van der Waals surface area contributed by atoms with Crippen LogP contribution < -0.4 is 5.32 Å². The molecule has 3 nitrogen and oxygen atoms in total.